The predicted octanol–water partition coefficient (Wildman–Crippen LogP) is 4.60. The topological polar surface area (TPSA) is 32.3 Å². The first-order valence-corrected chi connectivity index (χ1v) is 8.52. The van der Waals surface area contributed by atoms with Crippen molar-refractivity contribution in [2.24, 2.45) is 0 Å². The van der Waals surface area contributed by atoms with Gasteiger partial charge in [0.15, 0.2) is 0 Å². The van der Waals surface area contributed by atoms with E-state index in [1.807, 2.05) is 42.5 Å². The lowest BCUT2D eigenvalue weighted by Crippen LogP contribution is -2.29. The lowest BCUT2D eigenvalue weighted by Gasteiger charge is -2.28. The molecular weight excluding hydrogens is 308 g/mol. The number of rotatable bonds is 4. The van der Waals surface area contributed by atoms with Crippen molar-refractivity contribution in [3.63, 3.8) is 0 Å². The van der Waals surface area contributed by atoms with E-state index in [4.69, 9.17) is 11.6 Å². The standard InChI is InChI=1S/C19H21ClN2O/c20-18(15-7-3-1-4-8-15)19(23)21-16-9-11-17(12-10-16)22-13-5-2-6-14-22/h1,3-4,7-12,18H,2,5-6,13-14H2,(H,21,23)/t18-/m1/s1. The molecule has 3 nitrogen and oxygen atoms in total. The Balaban J connectivity index is 1.62. The molecule has 23 heavy (non-hydrogen) atoms. The number of benzene rings is 2. The van der Waals surface area contributed by atoms with E-state index in [0.717, 1.165) is 24.3 Å². The van der Waals surface area contributed by atoms with Gasteiger partial charge < -0.3 is 10.2 Å². The Hall–Kier alpha value is -2.00. The van der Waals surface area contributed by atoms with E-state index in [1.165, 1.54) is 24.9 Å². The van der Waals surface area contributed by atoms with Crippen LogP contribution in [0.2, 0.25) is 0 Å². The van der Waals surface area contributed by atoms with Crippen LogP contribution >= 0.6 is 11.6 Å². The molecule has 1 aliphatic rings. The van der Waals surface area contributed by atoms with Crippen molar-refractivity contribution in [2.45, 2.75) is 24.6 Å². The van der Waals surface area contributed by atoms with Crippen LogP contribution in [0.4, 0.5) is 11.4 Å². The average molecular weight is 329 g/mol. The maximum atomic E-state index is 12.2. The highest BCUT2D eigenvalue weighted by atomic mass is 35.5. The van der Waals surface area contributed by atoms with Crippen molar-refractivity contribution in [1.82, 2.24) is 0 Å². The number of carbonyl (C=O) groups excluding carboxylic acids is 1. The van der Waals surface area contributed by atoms with E-state index >= 15 is 0 Å². The van der Waals surface area contributed by atoms with Crippen molar-refractivity contribution in [1.29, 1.82) is 0 Å². The molecule has 1 heterocycles. The van der Waals surface area contributed by atoms with Crippen LogP contribution < -0.4 is 10.2 Å². The molecule has 1 aliphatic heterocycles. The lowest BCUT2D eigenvalue weighted by atomic mass is 10.1. The molecule has 2 aromatic rings. The van der Waals surface area contributed by atoms with Gasteiger partial charge in [-0.25, -0.2) is 0 Å². The predicted molar refractivity (Wildman–Crippen MR) is 96.2 cm³/mol. The summed E-state index contributed by atoms with van der Waals surface area (Å²) in [5, 5.41) is 2.20. The van der Waals surface area contributed by atoms with Crippen molar-refractivity contribution >= 4 is 28.9 Å². The first-order chi connectivity index (χ1) is 11.2. The number of amides is 1. The molecule has 0 radical (unpaired) electrons. The van der Waals surface area contributed by atoms with Crippen LogP contribution in [-0.4, -0.2) is 19.0 Å². The van der Waals surface area contributed by atoms with Gasteiger partial charge in [0.1, 0.15) is 5.38 Å². The Morgan fingerprint density at radius 2 is 1.61 bits per heavy atom. The molecular formula is C19H21ClN2O. The highest BCUT2D eigenvalue weighted by molar-refractivity contribution is 6.32. The molecule has 1 saturated heterocycles. The van der Waals surface area contributed by atoms with Gasteiger partial charge in [-0.3, -0.25) is 4.79 Å². The smallest absolute Gasteiger partial charge is 0.246 e. The second kappa shape index (κ2) is 7.51. The van der Waals surface area contributed by atoms with E-state index in [0.29, 0.717) is 0 Å². The second-order valence-corrected chi connectivity index (χ2v) is 6.29. The minimum absolute atomic E-state index is 0.205. The number of hydrogen-bond donors (Lipinski definition) is 1. The zero-order chi connectivity index (χ0) is 16.1. The highest BCUT2D eigenvalue weighted by Crippen LogP contribution is 2.24. The van der Waals surface area contributed by atoms with Crippen LogP contribution in [0.5, 0.6) is 0 Å². The summed E-state index contributed by atoms with van der Waals surface area (Å²) in [5.41, 5.74) is 2.79. The van der Waals surface area contributed by atoms with E-state index in [9.17, 15) is 4.79 Å². The summed E-state index contributed by atoms with van der Waals surface area (Å²) < 4.78 is 0. The molecule has 0 saturated carbocycles. The largest absolute Gasteiger partial charge is 0.372 e. The Bertz CT molecular complexity index is 636. The van der Waals surface area contributed by atoms with Crippen molar-refractivity contribution in [2.75, 3.05) is 23.3 Å². The van der Waals surface area contributed by atoms with Crippen LogP contribution in [0.15, 0.2) is 54.6 Å². The van der Waals surface area contributed by atoms with Gasteiger partial charge in [-0.05, 0) is 49.1 Å². The number of alkyl halides is 1. The number of nitrogens with zero attached hydrogens (tertiary/aromatic N) is 1. The summed E-state index contributed by atoms with van der Waals surface area (Å²) in [6, 6.07) is 17.4. The maximum Gasteiger partial charge on any atom is 0.246 e. The Morgan fingerprint density at radius 3 is 2.26 bits per heavy atom. The molecule has 0 unspecified atom stereocenters. The van der Waals surface area contributed by atoms with Crippen LogP contribution in [0.25, 0.3) is 0 Å². The molecule has 0 spiro atoms. The summed E-state index contributed by atoms with van der Waals surface area (Å²) in [7, 11) is 0. The molecule has 1 amide bonds. The third-order valence-electron chi connectivity index (χ3n) is 4.18. The van der Waals surface area contributed by atoms with E-state index in [1.54, 1.807) is 0 Å². The van der Waals surface area contributed by atoms with Gasteiger partial charge >= 0.3 is 0 Å². The molecule has 2 aromatic carbocycles. The number of piperidine rings is 1. The zero-order valence-corrected chi connectivity index (χ0v) is 13.8. The first kappa shape index (κ1) is 15.9. The number of halogens is 1. The summed E-state index contributed by atoms with van der Waals surface area (Å²) in [5.74, 6) is -0.205. The summed E-state index contributed by atoms with van der Waals surface area (Å²) in [6.07, 6.45) is 3.83. The second-order valence-electron chi connectivity index (χ2n) is 5.86. The minimum Gasteiger partial charge on any atom is -0.372 e. The van der Waals surface area contributed by atoms with Gasteiger partial charge in [0.2, 0.25) is 5.91 Å². The molecule has 0 bridgehead atoms. The number of anilines is 2. The lowest BCUT2D eigenvalue weighted by molar-refractivity contribution is -0.116. The fourth-order valence-corrected chi connectivity index (χ4v) is 3.09. The Labute approximate surface area is 142 Å². The monoisotopic (exact) mass is 328 g/mol. The SMILES string of the molecule is O=C(Nc1ccc(N2CCCCC2)cc1)[C@H](Cl)c1ccccc1. The van der Waals surface area contributed by atoms with Gasteiger partial charge in [0.05, 0.1) is 0 Å². The third kappa shape index (κ3) is 4.05. The van der Waals surface area contributed by atoms with Crippen molar-refractivity contribution in [3.05, 3.63) is 60.2 Å². The fourth-order valence-electron chi connectivity index (χ4n) is 2.89. The molecule has 1 N–H and O–H groups in total. The van der Waals surface area contributed by atoms with Crippen molar-refractivity contribution in [3.8, 4) is 0 Å². The molecule has 3 rings (SSSR count). The van der Waals surface area contributed by atoms with Crippen LogP contribution in [0, 0.1) is 0 Å². The van der Waals surface area contributed by atoms with Gasteiger partial charge in [0, 0.05) is 24.5 Å². The number of nitrogens with one attached hydrogen (secondary N) is 1. The molecule has 4 heteroatoms. The minimum atomic E-state index is -0.682. The quantitative estimate of drug-likeness (QED) is 0.832. The van der Waals surface area contributed by atoms with Crippen molar-refractivity contribution < 1.29 is 4.79 Å². The van der Waals surface area contributed by atoms with E-state index in [2.05, 4.69) is 22.3 Å². The molecule has 1 fully saturated rings. The summed E-state index contributed by atoms with van der Waals surface area (Å²) in [6.45, 7) is 2.23. The Kier molecular flexibility index (Phi) is 5.19. The van der Waals surface area contributed by atoms with Gasteiger partial charge in [-0.1, -0.05) is 30.3 Å². The van der Waals surface area contributed by atoms with Crippen LogP contribution in [0.3, 0.4) is 0 Å². The third-order valence-corrected chi connectivity index (χ3v) is 4.63. The fraction of sp³-hybridized carbons (Fsp3) is 0.316. The average Bonchev–Trinajstić information content (AvgIpc) is 2.63. The molecule has 120 valence electrons. The van der Waals surface area contributed by atoms with E-state index in [-0.39, 0.29) is 5.91 Å². The Morgan fingerprint density at radius 1 is 0.957 bits per heavy atom. The van der Waals surface area contributed by atoms with Crippen LogP contribution in [-0.2, 0) is 4.79 Å². The van der Waals surface area contributed by atoms with E-state index < -0.39 is 5.38 Å². The van der Waals surface area contributed by atoms with Gasteiger partial charge in [0.25, 0.3) is 0 Å². The summed E-state index contributed by atoms with van der Waals surface area (Å²) >= 11 is 6.24. The highest BCUT2D eigenvalue weighted by Gasteiger charge is 2.17. The number of hydrogen-bond acceptors (Lipinski definition) is 2. The zero-order valence-electron chi connectivity index (χ0n) is 13.0. The van der Waals surface area contributed by atoms with Gasteiger partial charge in [-0.2, -0.15) is 0 Å². The first-order valence-electron chi connectivity index (χ1n) is 8.09. The maximum absolute atomic E-state index is 12.2. The summed E-state index contributed by atoms with van der Waals surface area (Å²) in [4.78, 5) is 14.6. The van der Waals surface area contributed by atoms with Gasteiger partial charge in [-0.15, -0.1) is 11.6 Å². The van der Waals surface area contributed by atoms with Crippen LogP contribution in [0.1, 0.15) is 30.2 Å². The molecule has 0 aromatic heterocycles. The molecule has 1 atom stereocenters. The molecule has 0 aliphatic carbocycles. The number of carbonyl (C=O) groups is 1. The normalized spacial score (nSPS) is 16.0.